The Bertz CT molecular complexity index is 662. The summed E-state index contributed by atoms with van der Waals surface area (Å²) in [5, 5.41) is 0. The number of aromatic amines is 1. The second-order valence-electron chi connectivity index (χ2n) is 3.45. The van der Waals surface area contributed by atoms with Crippen LogP contribution in [0.25, 0.3) is 0 Å². The fourth-order valence-corrected chi connectivity index (χ4v) is 1.74. The molecule has 0 aromatic carbocycles. The van der Waals surface area contributed by atoms with Gasteiger partial charge < -0.3 is 5.73 Å². The lowest BCUT2D eigenvalue weighted by Gasteiger charge is -2.05. The van der Waals surface area contributed by atoms with E-state index in [2.05, 4.69) is 25.9 Å². The molecule has 0 fully saturated rings. The molecule has 2 aromatic heterocycles. The van der Waals surface area contributed by atoms with Crippen molar-refractivity contribution < 1.29 is 0 Å². The summed E-state index contributed by atoms with van der Waals surface area (Å²) in [6.07, 6.45) is 3.01. The second-order valence-corrected chi connectivity index (χ2v) is 4.31. The van der Waals surface area contributed by atoms with E-state index in [1.807, 2.05) is 0 Å². The number of anilines is 1. The van der Waals surface area contributed by atoms with Gasteiger partial charge in [0.1, 0.15) is 5.82 Å². The van der Waals surface area contributed by atoms with Crippen LogP contribution in [0, 0.1) is 0 Å². The third-order valence-corrected chi connectivity index (χ3v) is 2.73. The Balaban J connectivity index is 2.40. The molecule has 0 saturated heterocycles. The third kappa shape index (κ3) is 2.62. The van der Waals surface area contributed by atoms with E-state index in [4.69, 9.17) is 5.73 Å². The SMILES string of the molecule is Nc1cc(Cn2cc(Br)c(=O)[nH]c2=O)ccn1. The van der Waals surface area contributed by atoms with Crippen LogP contribution in [0.5, 0.6) is 0 Å². The molecule has 6 nitrogen and oxygen atoms in total. The Morgan fingerprint density at radius 3 is 2.94 bits per heavy atom. The van der Waals surface area contributed by atoms with Crippen molar-refractivity contribution in [3.8, 4) is 0 Å². The molecule has 7 heteroatoms. The number of nitrogens with zero attached hydrogens (tertiary/aromatic N) is 2. The average molecular weight is 297 g/mol. The van der Waals surface area contributed by atoms with E-state index in [1.54, 1.807) is 18.3 Å². The number of H-pyrrole nitrogens is 1. The van der Waals surface area contributed by atoms with E-state index in [9.17, 15) is 9.59 Å². The van der Waals surface area contributed by atoms with Crippen molar-refractivity contribution in [3.05, 3.63) is 55.4 Å². The van der Waals surface area contributed by atoms with Crippen LogP contribution < -0.4 is 17.0 Å². The molecule has 0 bridgehead atoms. The molecular weight excluding hydrogens is 288 g/mol. The van der Waals surface area contributed by atoms with Crippen LogP contribution in [0.2, 0.25) is 0 Å². The Morgan fingerprint density at radius 2 is 2.24 bits per heavy atom. The molecule has 0 aliphatic heterocycles. The highest BCUT2D eigenvalue weighted by Crippen LogP contribution is 2.05. The summed E-state index contributed by atoms with van der Waals surface area (Å²) in [6, 6.07) is 3.42. The van der Waals surface area contributed by atoms with Crippen molar-refractivity contribution in [2.24, 2.45) is 0 Å². The van der Waals surface area contributed by atoms with Gasteiger partial charge in [0.15, 0.2) is 0 Å². The average Bonchev–Trinajstić information content (AvgIpc) is 2.26. The van der Waals surface area contributed by atoms with Gasteiger partial charge in [-0.2, -0.15) is 0 Å². The van der Waals surface area contributed by atoms with Crippen molar-refractivity contribution in [3.63, 3.8) is 0 Å². The molecule has 0 aliphatic rings. The van der Waals surface area contributed by atoms with Gasteiger partial charge >= 0.3 is 5.69 Å². The molecule has 0 amide bonds. The molecule has 2 heterocycles. The van der Waals surface area contributed by atoms with Gasteiger partial charge in [0.05, 0.1) is 11.0 Å². The molecule has 2 rings (SSSR count). The summed E-state index contributed by atoms with van der Waals surface area (Å²) in [5.74, 6) is 0.388. The van der Waals surface area contributed by atoms with Crippen molar-refractivity contribution >= 4 is 21.7 Å². The third-order valence-electron chi connectivity index (χ3n) is 2.17. The minimum Gasteiger partial charge on any atom is -0.384 e. The van der Waals surface area contributed by atoms with E-state index >= 15 is 0 Å². The molecule has 0 radical (unpaired) electrons. The standard InChI is InChI=1S/C10H9BrN4O2/c11-7-5-15(10(17)14-9(7)16)4-6-1-2-13-8(12)3-6/h1-3,5H,4H2,(H2,12,13)(H,14,16,17). The molecular formula is C10H9BrN4O2. The summed E-state index contributed by atoms with van der Waals surface area (Å²) in [6.45, 7) is 0.320. The highest BCUT2D eigenvalue weighted by atomic mass is 79.9. The summed E-state index contributed by atoms with van der Waals surface area (Å²) in [7, 11) is 0. The summed E-state index contributed by atoms with van der Waals surface area (Å²) in [5.41, 5.74) is 5.46. The number of hydrogen-bond acceptors (Lipinski definition) is 4. The molecule has 0 saturated carbocycles. The van der Waals surface area contributed by atoms with Crippen LogP contribution in [-0.2, 0) is 6.54 Å². The van der Waals surface area contributed by atoms with Crippen LogP contribution in [-0.4, -0.2) is 14.5 Å². The lowest BCUT2D eigenvalue weighted by molar-refractivity contribution is 0.715. The van der Waals surface area contributed by atoms with Crippen LogP contribution in [0.15, 0.2) is 38.6 Å². The maximum Gasteiger partial charge on any atom is 0.328 e. The predicted octanol–water partition coefficient (Wildman–Crippen LogP) is 0.325. The predicted molar refractivity (Wildman–Crippen MR) is 66.8 cm³/mol. The van der Waals surface area contributed by atoms with E-state index in [0.717, 1.165) is 5.56 Å². The van der Waals surface area contributed by atoms with Crippen LogP contribution >= 0.6 is 15.9 Å². The first-order valence-electron chi connectivity index (χ1n) is 4.76. The minimum atomic E-state index is -0.464. The van der Waals surface area contributed by atoms with E-state index in [1.165, 1.54) is 10.8 Å². The van der Waals surface area contributed by atoms with E-state index < -0.39 is 11.2 Å². The zero-order valence-corrected chi connectivity index (χ0v) is 10.3. The molecule has 2 aromatic rings. The topological polar surface area (TPSA) is 93.8 Å². The van der Waals surface area contributed by atoms with Gasteiger partial charge in [-0.15, -0.1) is 0 Å². The molecule has 88 valence electrons. The molecule has 3 N–H and O–H groups in total. The lowest BCUT2D eigenvalue weighted by Crippen LogP contribution is -2.30. The quantitative estimate of drug-likeness (QED) is 0.835. The minimum absolute atomic E-state index is 0.305. The Morgan fingerprint density at radius 1 is 1.47 bits per heavy atom. The summed E-state index contributed by atoms with van der Waals surface area (Å²) >= 11 is 3.07. The normalized spacial score (nSPS) is 10.4. The molecule has 0 unspecified atom stereocenters. The molecule has 17 heavy (non-hydrogen) atoms. The van der Waals surface area contributed by atoms with Crippen LogP contribution in [0.3, 0.4) is 0 Å². The molecule has 0 aliphatic carbocycles. The van der Waals surface area contributed by atoms with Gasteiger partial charge in [-0.3, -0.25) is 14.3 Å². The maximum atomic E-state index is 11.5. The zero-order chi connectivity index (χ0) is 12.4. The van der Waals surface area contributed by atoms with Gasteiger partial charge in [0.25, 0.3) is 5.56 Å². The van der Waals surface area contributed by atoms with Crippen molar-refractivity contribution in [2.75, 3.05) is 5.73 Å². The van der Waals surface area contributed by atoms with Gasteiger partial charge in [-0.25, -0.2) is 9.78 Å². The number of nitrogens with two attached hydrogens (primary N) is 1. The molecule has 0 spiro atoms. The van der Waals surface area contributed by atoms with Crippen molar-refractivity contribution in [1.82, 2.24) is 14.5 Å². The number of halogens is 1. The van der Waals surface area contributed by atoms with E-state index in [0.29, 0.717) is 16.8 Å². The van der Waals surface area contributed by atoms with Crippen molar-refractivity contribution in [2.45, 2.75) is 6.54 Å². The van der Waals surface area contributed by atoms with Gasteiger partial charge in [-0.1, -0.05) is 0 Å². The Hall–Kier alpha value is -1.89. The zero-order valence-electron chi connectivity index (χ0n) is 8.68. The maximum absolute atomic E-state index is 11.5. The van der Waals surface area contributed by atoms with E-state index in [-0.39, 0.29) is 0 Å². The van der Waals surface area contributed by atoms with Gasteiger partial charge in [-0.05, 0) is 33.6 Å². The summed E-state index contributed by atoms with van der Waals surface area (Å²) in [4.78, 5) is 28.7. The number of pyridine rings is 1. The highest BCUT2D eigenvalue weighted by Gasteiger charge is 2.03. The number of hydrogen-bond donors (Lipinski definition) is 2. The number of rotatable bonds is 2. The van der Waals surface area contributed by atoms with Gasteiger partial charge in [0.2, 0.25) is 0 Å². The van der Waals surface area contributed by atoms with Crippen LogP contribution in [0.1, 0.15) is 5.56 Å². The largest absolute Gasteiger partial charge is 0.384 e. The van der Waals surface area contributed by atoms with Crippen molar-refractivity contribution in [1.29, 1.82) is 0 Å². The Kier molecular flexibility index (Phi) is 3.10. The first-order valence-corrected chi connectivity index (χ1v) is 5.55. The lowest BCUT2D eigenvalue weighted by atomic mass is 10.2. The smallest absolute Gasteiger partial charge is 0.328 e. The second kappa shape index (κ2) is 4.54. The molecule has 0 atom stereocenters. The number of aromatic nitrogens is 3. The number of nitrogen functional groups attached to an aromatic ring is 1. The Labute approximate surface area is 104 Å². The summed E-state index contributed by atoms with van der Waals surface area (Å²) < 4.78 is 1.68. The van der Waals surface area contributed by atoms with Gasteiger partial charge in [0, 0.05) is 12.4 Å². The monoisotopic (exact) mass is 296 g/mol. The first-order chi connectivity index (χ1) is 8.06. The fourth-order valence-electron chi connectivity index (χ4n) is 1.39. The highest BCUT2D eigenvalue weighted by molar-refractivity contribution is 9.10. The van der Waals surface area contributed by atoms with Crippen LogP contribution in [0.4, 0.5) is 5.82 Å². The number of nitrogens with one attached hydrogen (secondary N) is 1. The fraction of sp³-hybridized carbons (Fsp3) is 0.100. The first kappa shape index (κ1) is 11.6.